The third-order valence-corrected chi connectivity index (χ3v) is 2.36. The Balaban J connectivity index is 2.91. The number of carbonyl (C=O) groups excluding carboxylic acids is 2. The Morgan fingerprint density at radius 2 is 2.00 bits per heavy atom. The van der Waals surface area contributed by atoms with Gasteiger partial charge in [-0.1, -0.05) is 17.7 Å². The summed E-state index contributed by atoms with van der Waals surface area (Å²) in [5.74, 6) is -2.67. The van der Waals surface area contributed by atoms with Crippen LogP contribution in [0.3, 0.4) is 0 Å². The van der Waals surface area contributed by atoms with Crippen LogP contribution in [-0.2, 0) is 9.53 Å². The van der Waals surface area contributed by atoms with E-state index in [2.05, 4.69) is 4.74 Å². The maximum atomic E-state index is 12.6. The first-order chi connectivity index (χ1) is 8.75. The second-order valence-corrected chi connectivity index (χ2v) is 3.92. The molecule has 4 nitrogen and oxygen atoms in total. The van der Waals surface area contributed by atoms with Gasteiger partial charge in [0.15, 0.2) is 0 Å². The molecule has 0 saturated heterocycles. The fraction of sp³-hybridized carbons (Fsp3) is 0.273. The van der Waals surface area contributed by atoms with Crippen LogP contribution in [-0.4, -0.2) is 31.2 Å². The molecular formula is C11H9ClF3NO3. The van der Waals surface area contributed by atoms with Gasteiger partial charge in [0, 0.05) is 10.6 Å². The first-order valence-corrected chi connectivity index (χ1v) is 5.34. The van der Waals surface area contributed by atoms with Crippen LogP contribution in [0.25, 0.3) is 0 Å². The van der Waals surface area contributed by atoms with E-state index < -0.39 is 24.1 Å². The highest BCUT2D eigenvalue weighted by Gasteiger charge is 2.47. The summed E-state index contributed by atoms with van der Waals surface area (Å²) in [5.41, 5.74) is -0.0920. The third kappa shape index (κ3) is 4.13. The van der Waals surface area contributed by atoms with E-state index in [1.165, 1.54) is 24.3 Å². The molecule has 0 heterocycles. The number of amides is 1. The molecule has 1 rings (SSSR count). The van der Waals surface area contributed by atoms with E-state index in [9.17, 15) is 22.8 Å². The summed E-state index contributed by atoms with van der Waals surface area (Å²) in [6, 6.07) is 2.59. The van der Waals surface area contributed by atoms with Crippen LogP contribution in [0.5, 0.6) is 0 Å². The molecule has 8 heteroatoms. The Morgan fingerprint density at radius 1 is 1.37 bits per heavy atom. The van der Waals surface area contributed by atoms with Gasteiger partial charge in [-0.3, -0.25) is 4.79 Å². The summed E-state index contributed by atoms with van der Waals surface area (Å²) in [4.78, 5) is 22.6. The van der Waals surface area contributed by atoms with Crippen molar-refractivity contribution in [3.63, 3.8) is 0 Å². The van der Waals surface area contributed by atoms with Crippen LogP contribution in [0.1, 0.15) is 10.4 Å². The SMILES string of the molecule is COC(=O)[C@H](NC(=O)c1cccc(Cl)c1)C(F)(F)F. The van der Waals surface area contributed by atoms with Crippen molar-refractivity contribution in [3.8, 4) is 0 Å². The van der Waals surface area contributed by atoms with Gasteiger partial charge in [0.05, 0.1) is 7.11 Å². The first-order valence-electron chi connectivity index (χ1n) is 4.96. The molecular weight excluding hydrogens is 287 g/mol. The molecule has 0 saturated carbocycles. The number of ether oxygens (including phenoxy) is 1. The van der Waals surface area contributed by atoms with Crippen molar-refractivity contribution in [1.29, 1.82) is 0 Å². The number of carbonyl (C=O) groups is 2. The maximum Gasteiger partial charge on any atom is 0.419 e. The van der Waals surface area contributed by atoms with E-state index in [-0.39, 0.29) is 10.6 Å². The van der Waals surface area contributed by atoms with Crippen molar-refractivity contribution in [3.05, 3.63) is 34.9 Å². The van der Waals surface area contributed by atoms with E-state index in [1.807, 2.05) is 0 Å². The number of methoxy groups -OCH3 is 1. The average molecular weight is 296 g/mol. The molecule has 0 aromatic heterocycles. The minimum Gasteiger partial charge on any atom is -0.467 e. The van der Waals surface area contributed by atoms with Crippen LogP contribution in [0.15, 0.2) is 24.3 Å². The van der Waals surface area contributed by atoms with Crippen molar-refractivity contribution >= 4 is 23.5 Å². The monoisotopic (exact) mass is 295 g/mol. The van der Waals surface area contributed by atoms with Crippen LogP contribution in [0.2, 0.25) is 5.02 Å². The second-order valence-electron chi connectivity index (χ2n) is 3.48. The number of halogens is 4. The van der Waals surface area contributed by atoms with Crippen molar-refractivity contribution in [2.75, 3.05) is 7.11 Å². The zero-order valence-corrected chi connectivity index (χ0v) is 10.4. The lowest BCUT2D eigenvalue weighted by molar-refractivity contribution is -0.180. The minimum atomic E-state index is -4.94. The molecule has 0 spiro atoms. The van der Waals surface area contributed by atoms with Crippen molar-refractivity contribution in [1.82, 2.24) is 5.32 Å². The number of hydrogen-bond acceptors (Lipinski definition) is 3. The molecule has 1 aromatic carbocycles. The Bertz CT molecular complexity index is 490. The Labute approximate surface area is 111 Å². The topological polar surface area (TPSA) is 55.4 Å². The summed E-state index contributed by atoms with van der Waals surface area (Å²) in [5, 5.41) is 1.74. The zero-order chi connectivity index (χ0) is 14.6. The summed E-state index contributed by atoms with van der Waals surface area (Å²) in [7, 11) is 0.798. The Morgan fingerprint density at radius 3 is 2.47 bits per heavy atom. The maximum absolute atomic E-state index is 12.6. The molecule has 1 aromatic rings. The highest BCUT2D eigenvalue weighted by molar-refractivity contribution is 6.30. The molecule has 1 N–H and O–H groups in total. The van der Waals surface area contributed by atoms with E-state index in [4.69, 9.17) is 11.6 Å². The third-order valence-electron chi connectivity index (χ3n) is 2.13. The molecule has 0 bridgehead atoms. The summed E-state index contributed by atoms with van der Waals surface area (Å²) < 4.78 is 41.7. The molecule has 0 aliphatic heterocycles. The van der Waals surface area contributed by atoms with Crippen LogP contribution < -0.4 is 5.32 Å². The molecule has 19 heavy (non-hydrogen) atoms. The predicted octanol–water partition coefficient (Wildman–Crippen LogP) is 2.17. The fourth-order valence-electron chi connectivity index (χ4n) is 1.24. The van der Waals surface area contributed by atoms with Crippen LogP contribution in [0.4, 0.5) is 13.2 Å². The van der Waals surface area contributed by atoms with Crippen molar-refractivity contribution < 1.29 is 27.5 Å². The molecule has 0 radical (unpaired) electrons. The highest BCUT2D eigenvalue weighted by atomic mass is 35.5. The van der Waals surface area contributed by atoms with Gasteiger partial charge in [-0.05, 0) is 18.2 Å². The highest BCUT2D eigenvalue weighted by Crippen LogP contribution is 2.21. The van der Waals surface area contributed by atoms with Gasteiger partial charge in [0.2, 0.25) is 6.04 Å². The van der Waals surface area contributed by atoms with Crippen LogP contribution in [0, 0.1) is 0 Å². The molecule has 104 valence electrons. The number of esters is 1. The molecule has 1 atom stereocenters. The molecule has 1 amide bonds. The number of alkyl halides is 3. The summed E-state index contributed by atoms with van der Waals surface area (Å²) in [6.45, 7) is 0. The smallest absolute Gasteiger partial charge is 0.419 e. The quantitative estimate of drug-likeness (QED) is 0.870. The Hall–Kier alpha value is -1.76. The normalized spacial score (nSPS) is 12.7. The van der Waals surface area contributed by atoms with Gasteiger partial charge < -0.3 is 10.1 Å². The number of rotatable bonds is 3. The van der Waals surface area contributed by atoms with Gasteiger partial charge in [0.25, 0.3) is 5.91 Å². The summed E-state index contributed by atoms with van der Waals surface area (Å²) >= 11 is 5.61. The van der Waals surface area contributed by atoms with Gasteiger partial charge >= 0.3 is 12.1 Å². The predicted molar refractivity (Wildman–Crippen MR) is 60.8 cm³/mol. The molecule has 0 aliphatic rings. The van der Waals surface area contributed by atoms with Crippen molar-refractivity contribution in [2.24, 2.45) is 0 Å². The van der Waals surface area contributed by atoms with Crippen molar-refractivity contribution in [2.45, 2.75) is 12.2 Å². The zero-order valence-electron chi connectivity index (χ0n) is 9.62. The largest absolute Gasteiger partial charge is 0.467 e. The van der Waals surface area contributed by atoms with Gasteiger partial charge in [0.1, 0.15) is 0 Å². The molecule has 0 fully saturated rings. The molecule has 0 aliphatic carbocycles. The van der Waals surface area contributed by atoms with E-state index in [0.717, 1.165) is 7.11 Å². The van der Waals surface area contributed by atoms with Gasteiger partial charge in [-0.25, -0.2) is 4.79 Å². The average Bonchev–Trinajstić information content (AvgIpc) is 2.33. The van der Waals surface area contributed by atoms with E-state index >= 15 is 0 Å². The lowest BCUT2D eigenvalue weighted by Gasteiger charge is -2.19. The van der Waals surface area contributed by atoms with E-state index in [1.54, 1.807) is 5.32 Å². The number of nitrogens with one attached hydrogen (secondary N) is 1. The standard InChI is InChI=1S/C11H9ClF3NO3/c1-19-10(18)8(11(13,14)15)16-9(17)6-3-2-4-7(12)5-6/h2-5,8H,1H3,(H,16,17)/t8-/m0/s1. The summed E-state index contributed by atoms with van der Waals surface area (Å²) in [6.07, 6.45) is -4.94. The minimum absolute atomic E-state index is 0.0920. The Kier molecular flexibility index (Phi) is 4.77. The first kappa shape index (κ1) is 15.3. The number of benzene rings is 1. The van der Waals surface area contributed by atoms with E-state index in [0.29, 0.717) is 0 Å². The van der Waals surface area contributed by atoms with Gasteiger partial charge in [-0.15, -0.1) is 0 Å². The molecule has 0 unspecified atom stereocenters. The second kappa shape index (κ2) is 5.92. The van der Waals surface area contributed by atoms with Crippen LogP contribution >= 0.6 is 11.6 Å². The number of hydrogen-bond donors (Lipinski definition) is 1. The fourth-order valence-corrected chi connectivity index (χ4v) is 1.43. The lowest BCUT2D eigenvalue weighted by Crippen LogP contribution is -2.51. The lowest BCUT2D eigenvalue weighted by atomic mass is 10.2. The van der Waals surface area contributed by atoms with Gasteiger partial charge in [-0.2, -0.15) is 13.2 Å².